The summed E-state index contributed by atoms with van der Waals surface area (Å²) in [6.07, 6.45) is 3.02. The van der Waals surface area contributed by atoms with Crippen molar-refractivity contribution in [3.05, 3.63) is 0 Å². The van der Waals surface area contributed by atoms with E-state index >= 15 is 0 Å². The third kappa shape index (κ3) is 7.21. The molecule has 0 bridgehead atoms. The van der Waals surface area contributed by atoms with Gasteiger partial charge in [-0.25, -0.2) is 12.7 Å². The number of carbonyl (C=O) groups is 1. The third-order valence-electron chi connectivity index (χ3n) is 5.29. The summed E-state index contributed by atoms with van der Waals surface area (Å²) < 4.78 is 24.8. The van der Waals surface area contributed by atoms with Crippen LogP contribution in [0.2, 0.25) is 0 Å². The molecule has 0 aliphatic carbocycles. The van der Waals surface area contributed by atoms with Crippen LogP contribution in [0.15, 0.2) is 4.99 Å². The molecule has 28 heavy (non-hydrogen) atoms. The molecule has 2 aliphatic heterocycles. The number of rotatable bonds is 6. The summed E-state index contributed by atoms with van der Waals surface area (Å²) in [5, 5.41) is 6.39. The maximum atomic E-state index is 11.9. The Morgan fingerprint density at radius 1 is 1.11 bits per heavy atom. The van der Waals surface area contributed by atoms with Crippen molar-refractivity contribution < 1.29 is 13.2 Å². The van der Waals surface area contributed by atoms with Crippen LogP contribution in [0.5, 0.6) is 0 Å². The number of aliphatic imine (C=N–C) groups is 1. The fourth-order valence-corrected chi connectivity index (χ4v) is 4.58. The minimum absolute atomic E-state index is 0.0754. The van der Waals surface area contributed by atoms with Gasteiger partial charge in [0.2, 0.25) is 15.9 Å². The second-order valence-corrected chi connectivity index (χ2v) is 10.0. The smallest absolute Gasteiger partial charge is 0.234 e. The highest BCUT2D eigenvalue weighted by Gasteiger charge is 2.26. The molecule has 10 heteroatoms. The normalized spacial score (nSPS) is 21.2. The summed E-state index contributed by atoms with van der Waals surface area (Å²) in [5.74, 6) is 1.42. The molecule has 2 fully saturated rings. The number of nitrogens with zero attached hydrogens (tertiary/aromatic N) is 4. The van der Waals surface area contributed by atoms with E-state index in [1.165, 1.54) is 6.26 Å². The van der Waals surface area contributed by atoms with Crippen LogP contribution in [0, 0.1) is 5.92 Å². The quantitative estimate of drug-likeness (QED) is 0.442. The Morgan fingerprint density at radius 3 is 2.21 bits per heavy atom. The zero-order valence-corrected chi connectivity index (χ0v) is 18.5. The highest BCUT2D eigenvalue weighted by atomic mass is 32.2. The molecule has 0 spiro atoms. The minimum atomic E-state index is -3.08. The zero-order valence-electron chi connectivity index (χ0n) is 17.6. The van der Waals surface area contributed by atoms with E-state index < -0.39 is 10.0 Å². The van der Waals surface area contributed by atoms with Crippen molar-refractivity contribution in [3.63, 3.8) is 0 Å². The average Bonchev–Trinajstić information content (AvgIpc) is 2.62. The maximum Gasteiger partial charge on any atom is 0.234 e. The zero-order chi connectivity index (χ0) is 20.7. The molecule has 162 valence electrons. The summed E-state index contributed by atoms with van der Waals surface area (Å²) in [4.78, 5) is 20.7. The SMILES string of the molecule is CN=C(NCC1CCN(S(C)(=O)=O)CC1)N1CCN(CC(=O)NC(C)C)CC1. The van der Waals surface area contributed by atoms with Crippen molar-refractivity contribution in [2.45, 2.75) is 32.7 Å². The molecule has 2 saturated heterocycles. The molecule has 2 aliphatic rings. The molecule has 0 radical (unpaired) electrons. The second-order valence-electron chi connectivity index (χ2n) is 8.02. The van der Waals surface area contributed by atoms with E-state index in [9.17, 15) is 13.2 Å². The Balaban J connectivity index is 1.71. The first-order chi connectivity index (χ1) is 13.2. The average molecular weight is 417 g/mol. The van der Waals surface area contributed by atoms with E-state index in [2.05, 4.69) is 25.4 Å². The Kier molecular flexibility index (Phi) is 8.51. The van der Waals surface area contributed by atoms with E-state index in [4.69, 9.17) is 0 Å². The summed E-state index contributed by atoms with van der Waals surface area (Å²) in [6.45, 7) is 9.72. The van der Waals surface area contributed by atoms with Gasteiger partial charge in [-0.3, -0.25) is 14.7 Å². The van der Waals surface area contributed by atoms with Gasteiger partial charge in [0.05, 0.1) is 12.8 Å². The second kappa shape index (κ2) is 10.4. The standard InChI is InChI=1S/C18H36N6O3S/c1-15(2)21-17(25)14-22-9-11-23(12-10-22)18(19-3)20-13-16-5-7-24(8-6-16)28(4,26)27/h15-16H,5-14H2,1-4H3,(H,19,20)(H,21,25). The van der Waals surface area contributed by atoms with Crippen LogP contribution < -0.4 is 10.6 Å². The Bertz CT molecular complexity index is 636. The van der Waals surface area contributed by atoms with Crippen LogP contribution in [0.4, 0.5) is 0 Å². The largest absolute Gasteiger partial charge is 0.356 e. The lowest BCUT2D eigenvalue weighted by molar-refractivity contribution is -0.123. The molecule has 0 unspecified atom stereocenters. The van der Waals surface area contributed by atoms with Gasteiger partial charge in [-0.1, -0.05) is 0 Å². The molecule has 0 aromatic rings. The number of piperidine rings is 1. The van der Waals surface area contributed by atoms with Crippen LogP contribution in [-0.2, 0) is 14.8 Å². The van der Waals surface area contributed by atoms with E-state index in [0.717, 1.165) is 51.5 Å². The van der Waals surface area contributed by atoms with Crippen molar-refractivity contribution in [1.29, 1.82) is 0 Å². The van der Waals surface area contributed by atoms with Crippen LogP contribution in [0.3, 0.4) is 0 Å². The number of hydrogen-bond donors (Lipinski definition) is 2. The molecule has 1 amide bonds. The number of nitrogens with one attached hydrogen (secondary N) is 2. The topological polar surface area (TPSA) is 97.3 Å². The summed E-state index contributed by atoms with van der Waals surface area (Å²) >= 11 is 0. The lowest BCUT2D eigenvalue weighted by Gasteiger charge is -2.37. The van der Waals surface area contributed by atoms with Crippen molar-refractivity contribution in [2.24, 2.45) is 10.9 Å². The number of sulfonamides is 1. The van der Waals surface area contributed by atoms with Crippen molar-refractivity contribution in [1.82, 2.24) is 24.7 Å². The molecule has 0 aromatic carbocycles. The lowest BCUT2D eigenvalue weighted by atomic mass is 9.98. The summed E-state index contributed by atoms with van der Waals surface area (Å²) in [7, 11) is -1.29. The van der Waals surface area contributed by atoms with Gasteiger partial charge in [0.25, 0.3) is 0 Å². The van der Waals surface area contributed by atoms with Crippen molar-refractivity contribution in [3.8, 4) is 0 Å². The number of carbonyl (C=O) groups excluding carboxylic acids is 1. The van der Waals surface area contributed by atoms with Crippen molar-refractivity contribution >= 4 is 21.9 Å². The lowest BCUT2D eigenvalue weighted by Crippen LogP contribution is -2.54. The molecular weight excluding hydrogens is 380 g/mol. The molecule has 0 atom stereocenters. The molecule has 2 heterocycles. The van der Waals surface area contributed by atoms with Crippen molar-refractivity contribution in [2.75, 3.05) is 65.7 Å². The van der Waals surface area contributed by atoms with Gasteiger partial charge < -0.3 is 15.5 Å². The number of amides is 1. The van der Waals surface area contributed by atoms with Gasteiger partial charge in [0, 0.05) is 58.9 Å². The molecule has 2 rings (SSSR count). The first-order valence-corrected chi connectivity index (χ1v) is 12.0. The Morgan fingerprint density at radius 2 is 1.71 bits per heavy atom. The van der Waals surface area contributed by atoms with E-state index in [1.54, 1.807) is 11.4 Å². The highest BCUT2D eigenvalue weighted by molar-refractivity contribution is 7.88. The summed E-state index contributed by atoms with van der Waals surface area (Å²) in [5.41, 5.74) is 0. The minimum Gasteiger partial charge on any atom is -0.356 e. The first kappa shape index (κ1) is 22.9. The summed E-state index contributed by atoms with van der Waals surface area (Å²) in [6, 6.07) is 0.168. The molecule has 9 nitrogen and oxygen atoms in total. The van der Waals surface area contributed by atoms with Gasteiger partial charge in [-0.2, -0.15) is 0 Å². The Labute approximate surface area is 169 Å². The fraction of sp³-hybridized carbons (Fsp3) is 0.889. The highest BCUT2D eigenvalue weighted by Crippen LogP contribution is 2.18. The maximum absolute atomic E-state index is 11.9. The van der Waals surface area contributed by atoms with E-state index in [-0.39, 0.29) is 11.9 Å². The number of piperazine rings is 1. The predicted molar refractivity (Wildman–Crippen MR) is 112 cm³/mol. The van der Waals surface area contributed by atoms with Gasteiger partial charge in [-0.15, -0.1) is 0 Å². The molecular formula is C18H36N6O3S. The molecule has 0 saturated carbocycles. The van der Waals surface area contributed by atoms with Gasteiger partial charge in [0.1, 0.15) is 0 Å². The molecule has 0 aromatic heterocycles. The fourth-order valence-electron chi connectivity index (χ4n) is 3.70. The first-order valence-electron chi connectivity index (χ1n) is 10.1. The monoisotopic (exact) mass is 416 g/mol. The van der Waals surface area contributed by atoms with Gasteiger partial charge in [0.15, 0.2) is 5.96 Å². The van der Waals surface area contributed by atoms with Crippen LogP contribution in [0.1, 0.15) is 26.7 Å². The van der Waals surface area contributed by atoms with E-state index in [0.29, 0.717) is 25.6 Å². The number of hydrogen-bond acceptors (Lipinski definition) is 5. The van der Waals surface area contributed by atoms with Crippen LogP contribution >= 0.6 is 0 Å². The van der Waals surface area contributed by atoms with Gasteiger partial charge >= 0.3 is 0 Å². The molecule has 2 N–H and O–H groups in total. The van der Waals surface area contributed by atoms with E-state index in [1.807, 2.05) is 13.8 Å². The Hall–Kier alpha value is -1.39. The van der Waals surface area contributed by atoms with Crippen LogP contribution in [-0.4, -0.2) is 106 Å². The van der Waals surface area contributed by atoms with Crippen LogP contribution in [0.25, 0.3) is 0 Å². The third-order valence-corrected chi connectivity index (χ3v) is 6.60. The van der Waals surface area contributed by atoms with Gasteiger partial charge in [-0.05, 0) is 32.6 Å². The predicted octanol–water partition coefficient (Wildman–Crippen LogP) is -0.624. The number of guanidine groups is 1.